The van der Waals surface area contributed by atoms with Crippen LogP contribution in [0.4, 0.5) is 5.88 Å². The van der Waals surface area contributed by atoms with Crippen molar-refractivity contribution in [1.82, 2.24) is 9.88 Å². The number of para-hydroxylation sites is 1. The van der Waals surface area contributed by atoms with Gasteiger partial charge in [-0.1, -0.05) is 19.1 Å². The molecule has 0 fully saturated rings. The number of nitrogens with two attached hydrogens (primary N) is 1. The van der Waals surface area contributed by atoms with E-state index in [4.69, 9.17) is 15.1 Å². The molecule has 0 unspecified atom stereocenters. The molecule has 0 radical (unpaired) electrons. The van der Waals surface area contributed by atoms with Crippen LogP contribution < -0.4 is 5.73 Å². The number of hydrogen-bond acceptors (Lipinski definition) is 5. The fraction of sp³-hybridized carbons (Fsp3) is 0.312. The number of fused-ring (bicyclic) bond motifs is 2. The number of anilines is 1. The topological polar surface area (TPSA) is 55.3 Å². The summed E-state index contributed by atoms with van der Waals surface area (Å²) in [6.07, 6.45) is 0.981. The Labute approximate surface area is 127 Å². The SMILES string of the molecule is CCN1CCc2c(oc(N)c2-c2nc3ccccc3s2)C1. The van der Waals surface area contributed by atoms with E-state index in [0.29, 0.717) is 5.88 Å². The van der Waals surface area contributed by atoms with E-state index in [1.165, 1.54) is 10.3 Å². The molecule has 2 aromatic heterocycles. The molecular weight excluding hydrogens is 282 g/mol. The van der Waals surface area contributed by atoms with E-state index >= 15 is 0 Å². The largest absolute Gasteiger partial charge is 0.444 e. The first-order valence-electron chi connectivity index (χ1n) is 7.24. The lowest BCUT2D eigenvalue weighted by Gasteiger charge is -2.24. The van der Waals surface area contributed by atoms with Gasteiger partial charge in [-0.25, -0.2) is 4.98 Å². The quantitative estimate of drug-likeness (QED) is 0.786. The summed E-state index contributed by atoms with van der Waals surface area (Å²) < 4.78 is 7.01. The van der Waals surface area contributed by atoms with Crippen molar-refractivity contribution in [2.45, 2.75) is 19.9 Å². The summed E-state index contributed by atoms with van der Waals surface area (Å²) in [5.41, 5.74) is 9.43. The summed E-state index contributed by atoms with van der Waals surface area (Å²) in [4.78, 5) is 7.10. The third-order valence-corrected chi connectivity index (χ3v) is 5.17. The second-order valence-electron chi connectivity index (χ2n) is 5.35. The van der Waals surface area contributed by atoms with Crippen LogP contribution >= 0.6 is 11.3 Å². The third-order valence-electron chi connectivity index (χ3n) is 4.12. The monoisotopic (exact) mass is 299 g/mol. The van der Waals surface area contributed by atoms with Crippen molar-refractivity contribution in [2.75, 3.05) is 18.8 Å². The normalized spacial score (nSPS) is 15.5. The number of nitrogen functional groups attached to an aromatic ring is 1. The van der Waals surface area contributed by atoms with Gasteiger partial charge in [0.25, 0.3) is 0 Å². The van der Waals surface area contributed by atoms with Crippen molar-refractivity contribution in [1.29, 1.82) is 0 Å². The number of likely N-dealkylation sites (N-methyl/N-ethyl adjacent to an activating group) is 1. The number of benzene rings is 1. The second kappa shape index (κ2) is 4.86. The molecule has 5 heteroatoms. The minimum absolute atomic E-state index is 0.511. The second-order valence-corrected chi connectivity index (χ2v) is 6.38. The molecule has 4 nitrogen and oxygen atoms in total. The van der Waals surface area contributed by atoms with E-state index in [1.807, 2.05) is 18.2 Å². The van der Waals surface area contributed by atoms with Crippen LogP contribution in [-0.4, -0.2) is 23.0 Å². The molecule has 0 bridgehead atoms. The molecular formula is C16H17N3OS. The average Bonchev–Trinajstić information content (AvgIpc) is 3.05. The predicted molar refractivity (Wildman–Crippen MR) is 86.4 cm³/mol. The van der Waals surface area contributed by atoms with Gasteiger partial charge >= 0.3 is 0 Å². The van der Waals surface area contributed by atoms with Crippen molar-refractivity contribution in [3.05, 3.63) is 35.6 Å². The zero-order valence-corrected chi connectivity index (χ0v) is 12.7. The highest BCUT2D eigenvalue weighted by Gasteiger charge is 2.26. The van der Waals surface area contributed by atoms with Gasteiger partial charge in [0.1, 0.15) is 10.8 Å². The Hall–Kier alpha value is -1.85. The lowest BCUT2D eigenvalue weighted by atomic mass is 10.0. The van der Waals surface area contributed by atoms with Crippen LogP contribution in [0.1, 0.15) is 18.2 Å². The Kier molecular flexibility index (Phi) is 2.97. The molecule has 21 heavy (non-hydrogen) atoms. The Bertz CT molecular complexity index is 772. The van der Waals surface area contributed by atoms with Gasteiger partial charge in [0.15, 0.2) is 0 Å². The van der Waals surface area contributed by atoms with Gasteiger partial charge in [0, 0.05) is 12.1 Å². The number of hydrogen-bond donors (Lipinski definition) is 1. The summed E-state index contributed by atoms with van der Waals surface area (Å²) in [6, 6.07) is 8.19. The van der Waals surface area contributed by atoms with Crippen molar-refractivity contribution >= 4 is 27.4 Å². The number of aromatic nitrogens is 1. The van der Waals surface area contributed by atoms with Gasteiger partial charge in [-0.15, -0.1) is 11.3 Å². The maximum atomic E-state index is 6.14. The van der Waals surface area contributed by atoms with Crippen LogP contribution in [-0.2, 0) is 13.0 Å². The number of thiazole rings is 1. The smallest absolute Gasteiger partial charge is 0.201 e. The average molecular weight is 299 g/mol. The molecule has 0 spiro atoms. The molecule has 0 atom stereocenters. The molecule has 0 saturated heterocycles. The molecule has 1 aliphatic heterocycles. The van der Waals surface area contributed by atoms with Crippen LogP contribution in [0.2, 0.25) is 0 Å². The first-order chi connectivity index (χ1) is 10.3. The van der Waals surface area contributed by atoms with Crippen LogP contribution in [0.5, 0.6) is 0 Å². The summed E-state index contributed by atoms with van der Waals surface area (Å²) in [5.74, 6) is 1.52. The van der Waals surface area contributed by atoms with Crippen LogP contribution in [0.25, 0.3) is 20.8 Å². The van der Waals surface area contributed by atoms with E-state index in [-0.39, 0.29) is 0 Å². The van der Waals surface area contributed by atoms with Gasteiger partial charge in [0.05, 0.1) is 22.3 Å². The van der Waals surface area contributed by atoms with Crippen LogP contribution in [0, 0.1) is 0 Å². The molecule has 108 valence electrons. The Morgan fingerprint density at radius 2 is 2.24 bits per heavy atom. The molecule has 0 amide bonds. The lowest BCUT2D eigenvalue weighted by molar-refractivity contribution is 0.242. The fourth-order valence-corrected chi connectivity index (χ4v) is 4.00. The van der Waals surface area contributed by atoms with Gasteiger partial charge in [0.2, 0.25) is 5.88 Å². The van der Waals surface area contributed by atoms with Crippen LogP contribution in [0.3, 0.4) is 0 Å². The van der Waals surface area contributed by atoms with E-state index in [9.17, 15) is 0 Å². The maximum Gasteiger partial charge on any atom is 0.201 e. The summed E-state index contributed by atoms with van der Waals surface area (Å²) >= 11 is 1.68. The molecule has 0 aliphatic carbocycles. The highest BCUT2D eigenvalue weighted by molar-refractivity contribution is 7.21. The lowest BCUT2D eigenvalue weighted by Crippen LogP contribution is -2.29. The van der Waals surface area contributed by atoms with Gasteiger partial charge in [-0.3, -0.25) is 4.90 Å². The highest BCUT2D eigenvalue weighted by atomic mass is 32.1. The van der Waals surface area contributed by atoms with E-state index in [1.54, 1.807) is 11.3 Å². The molecule has 1 aromatic carbocycles. The Balaban J connectivity index is 1.83. The summed E-state index contributed by atoms with van der Waals surface area (Å²) in [6.45, 7) is 5.11. The van der Waals surface area contributed by atoms with Gasteiger partial charge < -0.3 is 10.2 Å². The predicted octanol–water partition coefficient (Wildman–Crippen LogP) is 3.52. The molecule has 0 saturated carbocycles. The van der Waals surface area contributed by atoms with Gasteiger partial charge in [-0.2, -0.15) is 0 Å². The molecule has 3 heterocycles. The van der Waals surface area contributed by atoms with E-state index < -0.39 is 0 Å². The van der Waals surface area contributed by atoms with Gasteiger partial charge in [-0.05, 0) is 25.1 Å². The third kappa shape index (κ3) is 2.04. The van der Waals surface area contributed by atoms with Crippen molar-refractivity contribution < 1.29 is 4.42 Å². The zero-order valence-electron chi connectivity index (χ0n) is 11.9. The number of rotatable bonds is 2. The summed E-state index contributed by atoms with van der Waals surface area (Å²) in [5, 5.41) is 0.976. The molecule has 3 aromatic rings. The standard InChI is InChI=1S/C16H17N3OS/c1-2-19-8-7-10-12(9-19)20-15(17)14(10)16-18-11-5-3-4-6-13(11)21-16/h3-6H,2,7-9,17H2,1H3. The fourth-order valence-electron chi connectivity index (χ4n) is 2.96. The first-order valence-corrected chi connectivity index (χ1v) is 8.06. The maximum absolute atomic E-state index is 6.14. The van der Waals surface area contributed by atoms with Crippen LogP contribution in [0.15, 0.2) is 28.7 Å². The minimum Gasteiger partial charge on any atom is -0.444 e. The van der Waals surface area contributed by atoms with Crippen molar-refractivity contribution in [3.63, 3.8) is 0 Å². The highest BCUT2D eigenvalue weighted by Crippen LogP contribution is 2.40. The molecule has 1 aliphatic rings. The first kappa shape index (κ1) is 12.9. The Morgan fingerprint density at radius 1 is 1.38 bits per heavy atom. The molecule has 2 N–H and O–H groups in total. The number of nitrogens with zero attached hydrogens (tertiary/aromatic N) is 2. The zero-order chi connectivity index (χ0) is 14.4. The summed E-state index contributed by atoms with van der Waals surface area (Å²) in [7, 11) is 0. The minimum atomic E-state index is 0.511. The molecule has 4 rings (SSSR count). The van der Waals surface area contributed by atoms with E-state index in [0.717, 1.165) is 47.9 Å². The van der Waals surface area contributed by atoms with Crippen molar-refractivity contribution in [3.8, 4) is 10.6 Å². The number of furan rings is 1. The van der Waals surface area contributed by atoms with E-state index in [2.05, 4.69) is 17.9 Å². The Morgan fingerprint density at radius 3 is 3.05 bits per heavy atom. The van der Waals surface area contributed by atoms with Crippen molar-refractivity contribution in [2.24, 2.45) is 0 Å².